The van der Waals surface area contributed by atoms with Crippen LogP contribution < -0.4 is 5.32 Å². The molecule has 20 heavy (non-hydrogen) atoms. The lowest BCUT2D eigenvalue weighted by Crippen LogP contribution is -2.39. The highest BCUT2D eigenvalue weighted by Crippen LogP contribution is 2.16. The molecule has 1 aliphatic heterocycles. The molecule has 1 saturated heterocycles. The Bertz CT molecular complexity index is 253. The molecule has 0 radical (unpaired) electrons. The van der Waals surface area contributed by atoms with E-state index >= 15 is 0 Å². The maximum Gasteiger partial charge on any atom is 0.0897 e. The minimum Gasteiger partial charge on any atom is -0.389 e. The second-order valence-electron chi connectivity index (χ2n) is 7.02. The fourth-order valence-electron chi connectivity index (χ4n) is 2.57. The molecule has 0 spiro atoms. The summed E-state index contributed by atoms with van der Waals surface area (Å²) in [5.74, 6) is 0. The van der Waals surface area contributed by atoms with Gasteiger partial charge in [0, 0.05) is 12.6 Å². The Kier molecular flexibility index (Phi) is 8.03. The zero-order valence-electron chi connectivity index (χ0n) is 13.8. The lowest BCUT2D eigenvalue weighted by atomic mass is 10.0. The second-order valence-corrected chi connectivity index (χ2v) is 7.02. The quantitative estimate of drug-likeness (QED) is 0.670. The summed E-state index contributed by atoms with van der Waals surface area (Å²) in [6.45, 7) is 12.8. The van der Waals surface area contributed by atoms with Crippen LogP contribution in [0.3, 0.4) is 0 Å². The van der Waals surface area contributed by atoms with Crippen molar-refractivity contribution in [3.05, 3.63) is 0 Å². The first-order chi connectivity index (χ1) is 9.38. The number of hydrogen-bond donors (Lipinski definition) is 2. The van der Waals surface area contributed by atoms with Crippen LogP contribution in [0.4, 0.5) is 0 Å². The maximum absolute atomic E-state index is 9.80. The topological polar surface area (TPSA) is 44.7 Å². The van der Waals surface area contributed by atoms with E-state index in [0.717, 1.165) is 19.0 Å². The molecule has 0 aromatic heterocycles. The van der Waals surface area contributed by atoms with E-state index in [4.69, 9.17) is 4.74 Å². The summed E-state index contributed by atoms with van der Waals surface area (Å²) < 4.78 is 5.56. The van der Waals surface area contributed by atoms with Crippen LogP contribution in [0.25, 0.3) is 0 Å². The minimum absolute atomic E-state index is 0.175. The number of rotatable bonds is 8. The molecule has 1 rings (SSSR count). The van der Waals surface area contributed by atoms with Gasteiger partial charge >= 0.3 is 0 Å². The largest absolute Gasteiger partial charge is 0.389 e. The molecular formula is C16H34N2O2. The highest BCUT2D eigenvalue weighted by molar-refractivity contribution is 4.73. The molecular weight excluding hydrogens is 252 g/mol. The van der Waals surface area contributed by atoms with Crippen molar-refractivity contribution in [3.63, 3.8) is 0 Å². The number of nitrogens with zero attached hydrogens (tertiary/aromatic N) is 1. The van der Waals surface area contributed by atoms with Crippen molar-refractivity contribution >= 4 is 0 Å². The first kappa shape index (κ1) is 17.9. The van der Waals surface area contributed by atoms with Crippen molar-refractivity contribution in [1.82, 2.24) is 10.2 Å². The van der Waals surface area contributed by atoms with Gasteiger partial charge in [-0.1, -0.05) is 6.42 Å². The Labute approximate surface area is 124 Å². The van der Waals surface area contributed by atoms with Crippen LogP contribution in [0.5, 0.6) is 0 Å². The molecule has 4 nitrogen and oxygen atoms in total. The van der Waals surface area contributed by atoms with Gasteiger partial charge in [0.05, 0.1) is 18.3 Å². The van der Waals surface area contributed by atoms with Gasteiger partial charge in [-0.3, -0.25) is 0 Å². The second kappa shape index (κ2) is 8.98. The molecule has 0 bridgehead atoms. The van der Waals surface area contributed by atoms with Gasteiger partial charge in [0.25, 0.3) is 0 Å². The van der Waals surface area contributed by atoms with Crippen molar-refractivity contribution in [1.29, 1.82) is 0 Å². The van der Waals surface area contributed by atoms with Gasteiger partial charge in [-0.05, 0) is 66.6 Å². The van der Waals surface area contributed by atoms with Gasteiger partial charge in [-0.2, -0.15) is 0 Å². The lowest BCUT2D eigenvalue weighted by molar-refractivity contribution is -0.0478. The van der Waals surface area contributed by atoms with Crippen LogP contribution in [0, 0.1) is 0 Å². The number of piperidine rings is 1. The summed E-state index contributed by atoms with van der Waals surface area (Å²) >= 11 is 0. The summed E-state index contributed by atoms with van der Waals surface area (Å²) in [6.07, 6.45) is 4.81. The number of ether oxygens (including phenoxy) is 1. The van der Waals surface area contributed by atoms with Gasteiger partial charge in [0.1, 0.15) is 0 Å². The molecule has 120 valence electrons. The van der Waals surface area contributed by atoms with E-state index in [9.17, 15) is 5.11 Å². The third-order valence-electron chi connectivity index (χ3n) is 3.83. The molecule has 2 atom stereocenters. The van der Waals surface area contributed by atoms with E-state index in [1.807, 2.05) is 20.8 Å². The molecule has 0 aromatic carbocycles. The molecule has 1 fully saturated rings. The zero-order valence-corrected chi connectivity index (χ0v) is 13.8. The van der Waals surface area contributed by atoms with Crippen molar-refractivity contribution in [2.45, 2.75) is 71.1 Å². The molecule has 4 heteroatoms. The van der Waals surface area contributed by atoms with E-state index < -0.39 is 6.10 Å². The Morgan fingerprint density at radius 2 is 2.10 bits per heavy atom. The van der Waals surface area contributed by atoms with Crippen molar-refractivity contribution in [2.24, 2.45) is 0 Å². The Hall–Kier alpha value is -0.160. The number of aliphatic hydroxyl groups is 1. The third kappa shape index (κ3) is 8.20. The summed E-state index contributed by atoms with van der Waals surface area (Å²) in [7, 11) is 0. The van der Waals surface area contributed by atoms with Gasteiger partial charge in [0.2, 0.25) is 0 Å². The molecule has 1 aliphatic rings. The molecule has 0 saturated carbocycles. The van der Waals surface area contributed by atoms with Crippen LogP contribution in [0.1, 0.15) is 53.4 Å². The minimum atomic E-state index is -0.414. The lowest BCUT2D eigenvalue weighted by Gasteiger charge is -2.33. The number of nitrogens with one attached hydrogen (secondary N) is 1. The smallest absolute Gasteiger partial charge is 0.0897 e. The zero-order chi connectivity index (χ0) is 15.0. The molecule has 2 N–H and O–H groups in total. The third-order valence-corrected chi connectivity index (χ3v) is 3.83. The fraction of sp³-hybridized carbons (Fsp3) is 1.00. The SMILES string of the molecule is CC1CCCCN1CCCNCC(O)COC(C)(C)C. The monoisotopic (exact) mass is 286 g/mol. The maximum atomic E-state index is 9.80. The summed E-state index contributed by atoms with van der Waals surface area (Å²) in [6, 6.07) is 0.745. The Morgan fingerprint density at radius 3 is 2.75 bits per heavy atom. The van der Waals surface area contributed by atoms with E-state index in [-0.39, 0.29) is 5.60 Å². The average Bonchev–Trinajstić information content (AvgIpc) is 2.37. The molecule has 0 aliphatic carbocycles. The van der Waals surface area contributed by atoms with E-state index in [0.29, 0.717) is 13.2 Å². The average molecular weight is 286 g/mol. The predicted octanol–water partition coefficient (Wildman–Crippen LogP) is 2.02. The van der Waals surface area contributed by atoms with Crippen LogP contribution >= 0.6 is 0 Å². The van der Waals surface area contributed by atoms with Gasteiger partial charge in [-0.25, -0.2) is 0 Å². The summed E-state index contributed by atoms with van der Waals surface area (Å²) in [4.78, 5) is 2.59. The molecule has 0 amide bonds. The van der Waals surface area contributed by atoms with Crippen molar-refractivity contribution in [2.75, 3.05) is 32.8 Å². The van der Waals surface area contributed by atoms with E-state index in [2.05, 4.69) is 17.1 Å². The van der Waals surface area contributed by atoms with Crippen LogP contribution in [-0.4, -0.2) is 60.5 Å². The Balaban J connectivity index is 1.98. The van der Waals surface area contributed by atoms with Crippen LogP contribution in [0.15, 0.2) is 0 Å². The van der Waals surface area contributed by atoms with Crippen molar-refractivity contribution < 1.29 is 9.84 Å². The molecule has 0 aromatic rings. The van der Waals surface area contributed by atoms with Crippen LogP contribution in [0.2, 0.25) is 0 Å². The highest BCUT2D eigenvalue weighted by Gasteiger charge is 2.17. The number of likely N-dealkylation sites (tertiary alicyclic amines) is 1. The highest BCUT2D eigenvalue weighted by atomic mass is 16.5. The van der Waals surface area contributed by atoms with Gasteiger partial charge in [-0.15, -0.1) is 0 Å². The van der Waals surface area contributed by atoms with Gasteiger partial charge in [0.15, 0.2) is 0 Å². The fourth-order valence-corrected chi connectivity index (χ4v) is 2.57. The van der Waals surface area contributed by atoms with E-state index in [1.54, 1.807) is 0 Å². The molecule has 2 unspecified atom stereocenters. The standard InChI is InChI=1S/C16H34N2O2/c1-14-8-5-6-10-18(14)11-7-9-17-12-15(19)13-20-16(2,3)4/h14-15,17,19H,5-13H2,1-4H3. The van der Waals surface area contributed by atoms with Gasteiger partial charge < -0.3 is 20.1 Å². The molecule has 1 heterocycles. The predicted molar refractivity (Wildman–Crippen MR) is 84.1 cm³/mol. The Morgan fingerprint density at radius 1 is 1.35 bits per heavy atom. The normalized spacial score (nSPS) is 22.9. The van der Waals surface area contributed by atoms with E-state index in [1.165, 1.54) is 32.4 Å². The van der Waals surface area contributed by atoms with Crippen molar-refractivity contribution in [3.8, 4) is 0 Å². The number of hydrogen-bond acceptors (Lipinski definition) is 4. The summed E-state index contributed by atoms with van der Waals surface area (Å²) in [5.41, 5.74) is -0.175. The number of aliphatic hydroxyl groups excluding tert-OH is 1. The first-order valence-electron chi connectivity index (χ1n) is 8.15. The summed E-state index contributed by atoms with van der Waals surface area (Å²) in [5, 5.41) is 13.1. The first-order valence-corrected chi connectivity index (χ1v) is 8.15. The van der Waals surface area contributed by atoms with Crippen LogP contribution in [-0.2, 0) is 4.74 Å².